The Labute approximate surface area is 264 Å². The molecule has 0 spiro atoms. The lowest BCUT2D eigenvalue weighted by molar-refractivity contribution is -0.129. The van der Waals surface area contributed by atoms with E-state index in [1.165, 1.54) is 12.7 Å². The number of carbonyl (C=O) groups excluding carboxylic acids is 2. The summed E-state index contributed by atoms with van der Waals surface area (Å²) in [6.07, 6.45) is 5.97. The van der Waals surface area contributed by atoms with Gasteiger partial charge in [0, 0.05) is 25.1 Å². The van der Waals surface area contributed by atoms with Gasteiger partial charge >= 0.3 is 5.97 Å². The zero-order valence-corrected chi connectivity index (χ0v) is 28.3. The average molecular weight is 616 g/mol. The van der Waals surface area contributed by atoms with Crippen molar-refractivity contribution in [2.75, 3.05) is 13.7 Å². The molecule has 0 bridgehead atoms. The molecule has 0 radical (unpaired) electrons. The predicted octanol–water partition coefficient (Wildman–Crippen LogP) is 8.60. The van der Waals surface area contributed by atoms with Crippen molar-refractivity contribution in [2.24, 2.45) is 0 Å². The van der Waals surface area contributed by atoms with Gasteiger partial charge in [-0.15, -0.1) is 0 Å². The molecular weight excluding hydrogens is 566 g/mol. The third kappa shape index (κ3) is 9.29. The number of ether oxygens (including phenoxy) is 2. The van der Waals surface area contributed by atoms with Crippen LogP contribution in [0.4, 0.5) is 0 Å². The lowest BCUT2D eigenvalue weighted by Gasteiger charge is -2.40. The van der Waals surface area contributed by atoms with Crippen molar-refractivity contribution in [1.29, 1.82) is 0 Å². The van der Waals surface area contributed by atoms with Gasteiger partial charge < -0.3 is 18.8 Å². The van der Waals surface area contributed by atoms with Crippen LogP contribution in [0.5, 0.6) is 11.5 Å². The molecule has 1 aliphatic heterocycles. The van der Waals surface area contributed by atoms with Crippen molar-refractivity contribution in [3.05, 3.63) is 95.6 Å². The molecule has 2 atom stereocenters. The molecule has 0 saturated carbocycles. The smallest absolute Gasteiger partial charge is 0.337 e. The Morgan fingerprint density at radius 3 is 2.34 bits per heavy atom. The van der Waals surface area contributed by atoms with Crippen LogP contribution in [0.1, 0.15) is 74.4 Å². The van der Waals surface area contributed by atoms with Crippen LogP contribution in [0, 0.1) is 0 Å². The molecule has 0 aliphatic carbocycles. The predicted molar refractivity (Wildman–Crippen MR) is 179 cm³/mol. The maximum absolute atomic E-state index is 12.9. The van der Waals surface area contributed by atoms with Gasteiger partial charge in [-0.25, -0.2) is 4.79 Å². The summed E-state index contributed by atoms with van der Waals surface area (Å²) >= 11 is 0. The van der Waals surface area contributed by atoms with E-state index in [9.17, 15) is 9.59 Å². The summed E-state index contributed by atoms with van der Waals surface area (Å²) in [5, 5.41) is 0.105. The number of para-hydroxylation sites is 1. The Bertz CT molecular complexity index is 1370. The van der Waals surface area contributed by atoms with Gasteiger partial charge in [0.1, 0.15) is 11.5 Å². The highest BCUT2D eigenvalue weighted by Gasteiger charge is 2.39. The van der Waals surface area contributed by atoms with Crippen LogP contribution in [0.25, 0.3) is 0 Å². The van der Waals surface area contributed by atoms with E-state index >= 15 is 0 Å². The van der Waals surface area contributed by atoms with Gasteiger partial charge in [-0.05, 0) is 104 Å². The summed E-state index contributed by atoms with van der Waals surface area (Å²) in [7, 11) is -0.627. The summed E-state index contributed by atoms with van der Waals surface area (Å²) in [5.41, 5.74) is 2.90. The number of rotatable bonds is 14. The first kappa shape index (κ1) is 33.5. The summed E-state index contributed by atoms with van der Waals surface area (Å²) in [4.78, 5) is 26.7. The quantitative estimate of drug-likeness (QED) is 0.134. The van der Waals surface area contributed by atoms with E-state index in [1.54, 1.807) is 12.1 Å². The van der Waals surface area contributed by atoms with Crippen LogP contribution in [-0.4, -0.2) is 50.9 Å². The number of hydrogen-bond donors (Lipinski definition) is 0. The molecule has 0 aromatic heterocycles. The minimum atomic E-state index is -2.02. The third-order valence-electron chi connectivity index (χ3n) is 9.12. The van der Waals surface area contributed by atoms with Crippen molar-refractivity contribution in [3.8, 4) is 11.5 Å². The molecule has 236 valence electrons. The van der Waals surface area contributed by atoms with Gasteiger partial charge in [0.25, 0.3) is 0 Å². The van der Waals surface area contributed by atoms with Crippen molar-refractivity contribution in [2.45, 2.75) is 96.0 Å². The fourth-order valence-corrected chi connectivity index (χ4v) is 6.97. The Balaban J connectivity index is 1.39. The zero-order valence-electron chi connectivity index (χ0n) is 27.3. The maximum Gasteiger partial charge on any atom is 0.337 e. The highest BCUT2D eigenvalue weighted by atomic mass is 28.4. The van der Waals surface area contributed by atoms with E-state index in [-0.39, 0.29) is 29.1 Å². The van der Waals surface area contributed by atoms with E-state index in [4.69, 9.17) is 13.9 Å². The Hall–Kier alpha value is -3.42. The van der Waals surface area contributed by atoms with Gasteiger partial charge in [-0.2, -0.15) is 0 Å². The SMILES string of the molecule is COC(=O)c1ccc(CCCN2C(=O)CCC2CCC(Cc2cccc(Oc3ccccc3)c2)O[Si](C)(C)C(C)(C)C)cc1. The molecule has 0 N–H and O–H groups in total. The number of methoxy groups -OCH3 is 1. The molecule has 3 aromatic rings. The summed E-state index contributed by atoms with van der Waals surface area (Å²) in [6.45, 7) is 12.2. The Morgan fingerprint density at radius 1 is 0.955 bits per heavy atom. The van der Waals surface area contributed by atoms with E-state index < -0.39 is 8.32 Å². The second-order valence-corrected chi connectivity index (χ2v) is 18.2. The molecular formula is C37H49NO5Si. The van der Waals surface area contributed by atoms with Crippen LogP contribution >= 0.6 is 0 Å². The minimum absolute atomic E-state index is 0.0637. The Kier molecular flexibility index (Phi) is 11.4. The van der Waals surface area contributed by atoms with Gasteiger partial charge in [0.15, 0.2) is 8.32 Å². The van der Waals surface area contributed by atoms with Crippen molar-refractivity contribution < 1.29 is 23.5 Å². The first-order valence-corrected chi connectivity index (χ1v) is 18.8. The average Bonchev–Trinajstić information content (AvgIpc) is 3.34. The van der Waals surface area contributed by atoms with Crippen LogP contribution in [0.3, 0.4) is 0 Å². The topological polar surface area (TPSA) is 65.1 Å². The second kappa shape index (κ2) is 15.0. The molecule has 4 rings (SSSR count). The fraction of sp³-hybridized carbons (Fsp3) is 0.459. The number of carbonyl (C=O) groups is 2. The highest BCUT2D eigenvalue weighted by Crippen LogP contribution is 2.38. The number of likely N-dealkylation sites (tertiary alicyclic amines) is 1. The lowest BCUT2D eigenvalue weighted by atomic mass is 10.00. The monoisotopic (exact) mass is 615 g/mol. The largest absolute Gasteiger partial charge is 0.465 e. The third-order valence-corrected chi connectivity index (χ3v) is 13.7. The van der Waals surface area contributed by atoms with Crippen LogP contribution in [-0.2, 0) is 26.8 Å². The number of nitrogens with zero attached hydrogens (tertiary/aromatic N) is 1. The molecule has 7 heteroatoms. The normalized spacial score (nSPS) is 16.2. The molecule has 1 aliphatic rings. The highest BCUT2D eigenvalue weighted by molar-refractivity contribution is 6.74. The summed E-state index contributed by atoms with van der Waals surface area (Å²) in [6, 6.07) is 26.0. The molecule has 1 fully saturated rings. The van der Waals surface area contributed by atoms with E-state index in [1.807, 2.05) is 48.5 Å². The van der Waals surface area contributed by atoms with Crippen molar-refractivity contribution in [1.82, 2.24) is 4.90 Å². The summed E-state index contributed by atoms with van der Waals surface area (Å²) in [5.74, 6) is 1.57. The molecule has 6 nitrogen and oxygen atoms in total. The number of amides is 1. The van der Waals surface area contributed by atoms with Crippen LogP contribution in [0.2, 0.25) is 18.1 Å². The second-order valence-electron chi connectivity index (χ2n) is 13.4. The standard InChI is InChI=1S/C37H49NO5Si/c1-37(2,3)44(5,6)43-34(27-29-12-10-16-33(26-29)42-32-14-8-7-9-15-32)23-21-31-22-24-35(39)38(31)25-11-13-28-17-19-30(20-18-28)36(40)41-4/h7-10,12,14-20,26,31,34H,11,13,21-25,27H2,1-6H3. The first-order valence-electron chi connectivity index (χ1n) is 15.9. The van der Waals surface area contributed by atoms with E-state index in [2.05, 4.69) is 57.0 Å². The number of benzene rings is 3. The van der Waals surface area contributed by atoms with Gasteiger partial charge in [0.05, 0.1) is 12.7 Å². The number of aryl methyl sites for hydroxylation is 1. The van der Waals surface area contributed by atoms with Crippen LogP contribution in [0.15, 0.2) is 78.9 Å². The molecule has 2 unspecified atom stereocenters. The van der Waals surface area contributed by atoms with Gasteiger partial charge in [-0.1, -0.05) is 63.2 Å². The van der Waals surface area contributed by atoms with Gasteiger partial charge in [0.2, 0.25) is 5.91 Å². The van der Waals surface area contributed by atoms with Crippen molar-refractivity contribution in [3.63, 3.8) is 0 Å². The zero-order chi connectivity index (χ0) is 31.7. The molecule has 1 saturated heterocycles. The van der Waals surface area contributed by atoms with E-state index in [0.29, 0.717) is 12.0 Å². The molecule has 1 amide bonds. The maximum atomic E-state index is 12.9. The number of hydrogen-bond acceptors (Lipinski definition) is 5. The van der Waals surface area contributed by atoms with Gasteiger partial charge in [-0.3, -0.25) is 4.79 Å². The van der Waals surface area contributed by atoms with Crippen LogP contribution < -0.4 is 4.74 Å². The molecule has 44 heavy (non-hydrogen) atoms. The fourth-order valence-electron chi connectivity index (χ4n) is 5.58. The Morgan fingerprint density at radius 2 is 1.66 bits per heavy atom. The summed E-state index contributed by atoms with van der Waals surface area (Å²) < 4.78 is 17.9. The minimum Gasteiger partial charge on any atom is -0.465 e. The number of esters is 1. The molecule has 1 heterocycles. The molecule has 3 aromatic carbocycles. The van der Waals surface area contributed by atoms with E-state index in [0.717, 1.165) is 62.1 Å². The first-order chi connectivity index (χ1) is 20.9. The van der Waals surface area contributed by atoms with Crippen molar-refractivity contribution >= 4 is 20.2 Å². The lowest BCUT2D eigenvalue weighted by Crippen LogP contribution is -2.45.